The van der Waals surface area contributed by atoms with E-state index in [1.165, 1.54) is 6.08 Å². The Morgan fingerprint density at radius 3 is 2.39 bits per heavy atom. The van der Waals surface area contributed by atoms with Crippen molar-refractivity contribution in [3.8, 4) is 11.1 Å². The molecule has 0 aromatic heterocycles. The molecule has 2 aromatic rings. The molecule has 5 nitrogen and oxygen atoms in total. The number of hydrogen-bond donors (Lipinski definition) is 1. The standard InChI is InChI=1S/C22H24ClN3O2/c1-3-21(27)25-9-11-26(12-10-25)22(28)15-24-20-14-18(19(23)13-16(20)2)17-7-5-4-6-8-17/h3-8,13-14,24H,1,9-12,15H2,2H3. The Bertz CT molecular complexity index is 875. The lowest BCUT2D eigenvalue weighted by molar-refractivity contribution is -0.135. The minimum Gasteiger partial charge on any atom is -0.376 e. The second kappa shape index (κ2) is 8.93. The van der Waals surface area contributed by atoms with Crippen molar-refractivity contribution in [3.63, 3.8) is 0 Å². The van der Waals surface area contributed by atoms with Gasteiger partial charge < -0.3 is 15.1 Å². The summed E-state index contributed by atoms with van der Waals surface area (Å²) < 4.78 is 0. The average Bonchev–Trinajstić information content (AvgIpc) is 2.73. The van der Waals surface area contributed by atoms with E-state index in [0.29, 0.717) is 31.2 Å². The number of amides is 2. The van der Waals surface area contributed by atoms with Crippen molar-refractivity contribution < 1.29 is 9.59 Å². The Morgan fingerprint density at radius 1 is 1.11 bits per heavy atom. The van der Waals surface area contributed by atoms with E-state index in [1.807, 2.05) is 49.4 Å². The number of rotatable bonds is 5. The Balaban J connectivity index is 1.64. The van der Waals surface area contributed by atoms with Crippen molar-refractivity contribution in [1.29, 1.82) is 0 Å². The van der Waals surface area contributed by atoms with Crippen LogP contribution in [0.25, 0.3) is 11.1 Å². The summed E-state index contributed by atoms with van der Waals surface area (Å²) >= 11 is 6.43. The molecule has 1 heterocycles. The van der Waals surface area contributed by atoms with Crippen molar-refractivity contribution in [3.05, 3.63) is 65.7 Å². The highest BCUT2D eigenvalue weighted by Crippen LogP contribution is 2.32. The number of anilines is 1. The number of aryl methyl sites for hydroxylation is 1. The van der Waals surface area contributed by atoms with Crippen LogP contribution in [0.15, 0.2) is 55.1 Å². The Hall–Kier alpha value is -2.79. The molecule has 28 heavy (non-hydrogen) atoms. The summed E-state index contributed by atoms with van der Waals surface area (Å²) in [6, 6.07) is 13.8. The zero-order chi connectivity index (χ0) is 20.1. The zero-order valence-corrected chi connectivity index (χ0v) is 16.7. The summed E-state index contributed by atoms with van der Waals surface area (Å²) in [6.45, 7) is 7.82. The van der Waals surface area contributed by atoms with E-state index in [-0.39, 0.29) is 18.4 Å². The summed E-state index contributed by atoms with van der Waals surface area (Å²) in [5.41, 5.74) is 3.83. The van der Waals surface area contributed by atoms with Crippen LogP contribution in [0.2, 0.25) is 5.02 Å². The van der Waals surface area contributed by atoms with Crippen molar-refractivity contribution >= 4 is 29.1 Å². The predicted molar refractivity (Wildman–Crippen MR) is 113 cm³/mol. The van der Waals surface area contributed by atoms with Gasteiger partial charge in [-0.3, -0.25) is 9.59 Å². The average molecular weight is 398 g/mol. The number of halogens is 1. The van der Waals surface area contributed by atoms with Gasteiger partial charge in [0.15, 0.2) is 0 Å². The molecule has 3 rings (SSSR count). The van der Waals surface area contributed by atoms with Crippen LogP contribution in [-0.2, 0) is 9.59 Å². The summed E-state index contributed by atoms with van der Waals surface area (Å²) in [4.78, 5) is 27.7. The normalized spacial score (nSPS) is 13.9. The van der Waals surface area contributed by atoms with Gasteiger partial charge in [0.25, 0.3) is 0 Å². The summed E-state index contributed by atoms with van der Waals surface area (Å²) in [7, 11) is 0. The quantitative estimate of drug-likeness (QED) is 0.784. The van der Waals surface area contributed by atoms with Gasteiger partial charge in [0, 0.05) is 42.5 Å². The number of carbonyl (C=O) groups is 2. The van der Waals surface area contributed by atoms with Gasteiger partial charge in [0.2, 0.25) is 11.8 Å². The molecule has 0 saturated carbocycles. The summed E-state index contributed by atoms with van der Waals surface area (Å²) in [5.74, 6) is -0.0724. The molecular formula is C22H24ClN3O2. The van der Waals surface area contributed by atoms with E-state index in [9.17, 15) is 9.59 Å². The number of benzene rings is 2. The van der Waals surface area contributed by atoms with Gasteiger partial charge in [-0.1, -0.05) is 48.5 Å². The first-order valence-corrected chi connectivity index (χ1v) is 9.66. The minimum atomic E-state index is -0.0875. The maximum Gasteiger partial charge on any atom is 0.246 e. The molecule has 0 spiro atoms. The second-order valence-electron chi connectivity index (χ2n) is 6.78. The Kier molecular flexibility index (Phi) is 6.37. The largest absolute Gasteiger partial charge is 0.376 e. The van der Waals surface area contributed by atoms with Crippen molar-refractivity contribution in [2.75, 3.05) is 38.0 Å². The van der Waals surface area contributed by atoms with Crippen LogP contribution < -0.4 is 5.32 Å². The van der Waals surface area contributed by atoms with Crippen molar-refractivity contribution in [2.45, 2.75) is 6.92 Å². The van der Waals surface area contributed by atoms with E-state index in [4.69, 9.17) is 11.6 Å². The number of hydrogen-bond acceptors (Lipinski definition) is 3. The third-order valence-electron chi connectivity index (χ3n) is 4.95. The Morgan fingerprint density at radius 2 is 1.75 bits per heavy atom. The molecular weight excluding hydrogens is 374 g/mol. The van der Waals surface area contributed by atoms with Crippen LogP contribution in [0.4, 0.5) is 5.69 Å². The van der Waals surface area contributed by atoms with Crippen LogP contribution in [0.3, 0.4) is 0 Å². The minimum absolute atomic E-state index is 0.0151. The van der Waals surface area contributed by atoms with E-state index < -0.39 is 0 Å². The number of nitrogens with one attached hydrogen (secondary N) is 1. The van der Waals surface area contributed by atoms with E-state index in [0.717, 1.165) is 22.4 Å². The number of carbonyl (C=O) groups excluding carboxylic acids is 2. The number of piperazine rings is 1. The fourth-order valence-electron chi connectivity index (χ4n) is 3.29. The van der Waals surface area contributed by atoms with Gasteiger partial charge in [-0.15, -0.1) is 0 Å². The molecule has 1 N–H and O–H groups in total. The fourth-order valence-corrected chi connectivity index (χ4v) is 3.62. The highest BCUT2D eigenvalue weighted by Gasteiger charge is 2.22. The molecule has 0 unspecified atom stereocenters. The van der Waals surface area contributed by atoms with E-state index >= 15 is 0 Å². The van der Waals surface area contributed by atoms with Gasteiger partial charge in [0.1, 0.15) is 0 Å². The second-order valence-corrected chi connectivity index (χ2v) is 7.18. The van der Waals surface area contributed by atoms with Crippen molar-refractivity contribution in [2.24, 2.45) is 0 Å². The molecule has 1 aliphatic rings. The SMILES string of the molecule is C=CC(=O)N1CCN(C(=O)CNc2cc(-c3ccccc3)c(Cl)cc2C)CC1. The topological polar surface area (TPSA) is 52.7 Å². The molecule has 146 valence electrons. The van der Waals surface area contributed by atoms with Crippen LogP contribution in [0.1, 0.15) is 5.56 Å². The molecule has 2 aromatic carbocycles. The van der Waals surface area contributed by atoms with Crippen LogP contribution >= 0.6 is 11.6 Å². The van der Waals surface area contributed by atoms with Gasteiger partial charge >= 0.3 is 0 Å². The van der Waals surface area contributed by atoms with Crippen LogP contribution in [-0.4, -0.2) is 54.3 Å². The molecule has 1 aliphatic heterocycles. The van der Waals surface area contributed by atoms with Gasteiger partial charge in [-0.25, -0.2) is 0 Å². The third-order valence-corrected chi connectivity index (χ3v) is 5.26. The maximum absolute atomic E-state index is 12.6. The Labute approximate surface area is 170 Å². The van der Waals surface area contributed by atoms with Gasteiger partial charge in [-0.05, 0) is 36.3 Å². The van der Waals surface area contributed by atoms with Crippen LogP contribution in [0.5, 0.6) is 0 Å². The van der Waals surface area contributed by atoms with Gasteiger partial charge in [-0.2, -0.15) is 0 Å². The van der Waals surface area contributed by atoms with Crippen molar-refractivity contribution in [1.82, 2.24) is 9.80 Å². The molecule has 0 aliphatic carbocycles. The monoisotopic (exact) mass is 397 g/mol. The lowest BCUT2D eigenvalue weighted by Crippen LogP contribution is -2.51. The highest BCUT2D eigenvalue weighted by molar-refractivity contribution is 6.33. The highest BCUT2D eigenvalue weighted by atomic mass is 35.5. The smallest absolute Gasteiger partial charge is 0.246 e. The molecule has 2 amide bonds. The first-order chi connectivity index (χ1) is 13.5. The fraction of sp³-hybridized carbons (Fsp3) is 0.273. The van der Waals surface area contributed by atoms with Crippen LogP contribution in [0, 0.1) is 6.92 Å². The molecule has 0 radical (unpaired) electrons. The maximum atomic E-state index is 12.6. The summed E-state index contributed by atoms with van der Waals surface area (Å²) in [6.07, 6.45) is 1.31. The first-order valence-electron chi connectivity index (χ1n) is 9.28. The lowest BCUT2D eigenvalue weighted by atomic mass is 10.0. The summed E-state index contributed by atoms with van der Waals surface area (Å²) in [5, 5.41) is 3.93. The molecule has 0 bridgehead atoms. The third kappa shape index (κ3) is 4.54. The zero-order valence-electron chi connectivity index (χ0n) is 16.0. The number of nitrogens with zero attached hydrogens (tertiary/aromatic N) is 2. The van der Waals surface area contributed by atoms with Gasteiger partial charge in [0.05, 0.1) is 6.54 Å². The van der Waals surface area contributed by atoms with E-state index in [1.54, 1.807) is 9.80 Å². The predicted octanol–water partition coefficient (Wildman–Crippen LogP) is 3.58. The first kappa shape index (κ1) is 20.0. The molecule has 6 heteroatoms. The molecule has 0 atom stereocenters. The lowest BCUT2D eigenvalue weighted by Gasteiger charge is -2.34. The molecule has 1 fully saturated rings. The molecule has 1 saturated heterocycles. The van der Waals surface area contributed by atoms with E-state index in [2.05, 4.69) is 11.9 Å².